The van der Waals surface area contributed by atoms with E-state index >= 15 is 0 Å². The third-order valence-electron chi connectivity index (χ3n) is 3.25. The second-order valence-corrected chi connectivity index (χ2v) is 5.17. The predicted molar refractivity (Wildman–Crippen MR) is 75.9 cm³/mol. The molecule has 0 radical (unpaired) electrons. The Kier molecular flexibility index (Phi) is 3.39. The highest BCUT2D eigenvalue weighted by Gasteiger charge is 2.18. The molecule has 6 heteroatoms. The molecule has 0 saturated carbocycles. The highest BCUT2D eigenvalue weighted by molar-refractivity contribution is 6.36. The van der Waals surface area contributed by atoms with E-state index in [4.69, 9.17) is 27.9 Å². The summed E-state index contributed by atoms with van der Waals surface area (Å²) in [6.07, 6.45) is 1.84. The molecule has 1 aromatic carbocycles. The molecule has 1 N–H and O–H groups in total. The zero-order chi connectivity index (χ0) is 13.4. The van der Waals surface area contributed by atoms with Crippen molar-refractivity contribution in [3.05, 3.63) is 34.2 Å². The van der Waals surface area contributed by atoms with E-state index in [1.165, 1.54) is 0 Å². The smallest absolute Gasteiger partial charge is 0.138 e. The lowest BCUT2D eigenvalue weighted by Crippen LogP contribution is -2.28. The maximum Gasteiger partial charge on any atom is 0.138 e. The van der Waals surface area contributed by atoms with E-state index in [1.807, 2.05) is 12.3 Å². The van der Waals surface area contributed by atoms with Crippen LogP contribution in [0.5, 0.6) is 5.75 Å². The van der Waals surface area contributed by atoms with E-state index in [0.29, 0.717) is 15.8 Å². The van der Waals surface area contributed by atoms with Crippen LogP contribution in [0.3, 0.4) is 0 Å². The quantitative estimate of drug-likeness (QED) is 0.926. The Morgan fingerprint density at radius 1 is 1.32 bits per heavy atom. The molecule has 0 unspecified atom stereocenters. The first-order valence-corrected chi connectivity index (χ1v) is 6.75. The van der Waals surface area contributed by atoms with Crippen molar-refractivity contribution in [2.75, 3.05) is 13.7 Å². The number of aromatic nitrogens is 2. The van der Waals surface area contributed by atoms with Crippen LogP contribution < -0.4 is 10.1 Å². The number of halogens is 2. The van der Waals surface area contributed by atoms with E-state index in [-0.39, 0.29) is 0 Å². The van der Waals surface area contributed by atoms with Gasteiger partial charge in [-0.25, -0.2) is 4.98 Å². The number of imidazole rings is 1. The maximum absolute atomic E-state index is 6.32. The van der Waals surface area contributed by atoms with Crippen LogP contribution in [0.4, 0.5) is 0 Å². The van der Waals surface area contributed by atoms with E-state index in [2.05, 4.69) is 14.9 Å². The Labute approximate surface area is 121 Å². The topological polar surface area (TPSA) is 39.1 Å². The molecule has 0 fully saturated rings. The SMILES string of the molecule is COc1cc(Cl)c(-c2cnc3n2CCNC3)cc1Cl. The first kappa shape index (κ1) is 12.8. The molecule has 3 rings (SSSR count). The molecule has 2 heterocycles. The summed E-state index contributed by atoms with van der Waals surface area (Å²) in [6, 6.07) is 3.56. The third kappa shape index (κ3) is 2.20. The summed E-state index contributed by atoms with van der Waals surface area (Å²) in [5.41, 5.74) is 1.87. The number of rotatable bonds is 2. The number of methoxy groups -OCH3 is 1. The fraction of sp³-hybridized carbons (Fsp3) is 0.308. The molecule has 2 aromatic rings. The Hall–Kier alpha value is -1.23. The fourth-order valence-corrected chi connectivity index (χ4v) is 2.78. The second kappa shape index (κ2) is 5.04. The zero-order valence-electron chi connectivity index (χ0n) is 10.4. The number of nitrogens with zero attached hydrogens (tertiary/aromatic N) is 2. The number of hydrogen-bond donors (Lipinski definition) is 1. The van der Waals surface area contributed by atoms with Gasteiger partial charge in [0.25, 0.3) is 0 Å². The molecule has 19 heavy (non-hydrogen) atoms. The lowest BCUT2D eigenvalue weighted by atomic mass is 10.1. The second-order valence-electron chi connectivity index (χ2n) is 4.35. The van der Waals surface area contributed by atoms with Crippen molar-refractivity contribution < 1.29 is 4.74 Å². The van der Waals surface area contributed by atoms with Gasteiger partial charge in [0.2, 0.25) is 0 Å². The molecule has 0 amide bonds. The van der Waals surface area contributed by atoms with Gasteiger partial charge in [0.05, 0.1) is 35.6 Å². The third-order valence-corrected chi connectivity index (χ3v) is 3.86. The molecule has 1 aliphatic heterocycles. The molecule has 1 aliphatic rings. The van der Waals surface area contributed by atoms with Gasteiger partial charge in [-0.2, -0.15) is 0 Å². The predicted octanol–water partition coefficient (Wildman–Crippen LogP) is 2.97. The van der Waals surface area contributed by atoms with Crippen molar-refractivity contribution in [2.24, 2.45) is 0 Å². The van der Waals surface area contributed by atoms with Gasteiger partial charge in [-0.15, -0.1) is 0 Å². The largest absolute Gasteiger partial charge is 0.495 e. The van der Waals surface area contributed by atoms with Crippen LogP contribution in [-0.2, 0) is 13.1 Å². The van der Waals surface area contributed by atoms with Gasteiger partial charge < -0.3 is 14.6 Å². The van der Waals surface area contributed by atoms with E-state index in [9.17, 15) is 0 Å². The van der Waals surface area contributed by atoms with Crippen LogP contribution in [0.15, 0.2) is 18.3 Å². The molecule has 0 bridgehead atoms. The molecule has 0 saturated heterocycles. The van der Waals surface area contributed by atoms with Gasteiger partial charge in [0, 0.05) is 24.7 Å². The highest BCUT2D eigenvalue weighted by atomic mass is 35.5. The fourth-order valence-electron chi connectivity index (χ4n) is 2.29. The van der Waals surface area contributed by atoms with Gasteiger partial charge in [-0.3, -0.25) is 0 Å². The summed E-state index contributed by atoms with van der Waals surface area (Å²) in [4.78, 5) is 4.41. The summed E-state index contributed by atoms with van der Waals surface area (Å²) >= 11 is 12.5. The average Bonchev–Trinajstić information content (AvgIpc) is 2.84. The number of benzene rings is 1. The first-order chi connectivity index (χ1) is 9.20. The van der Waals surface area contributed by atoms with Gasteiger partial charge in [0.15, 0.2) is 0 Å². The molecule has 0 atom stereocenters. The van der Waals surface area contributed by atoms with E-state index in [1.54, 1.807) is 13.2 Å². The maximum atomic E-state index is 6.32. The normalized spacial score (nSPS) is 14.3. The summed E-state index contributed by atoms with van der Waals surface area (Å²) in [7, 11) is 1.57. The molecule has 1 aromatic heterocycles. The van der Waals surface area contributed by atoms with Crippen molar-refractivity contribution in [3.63, 3.8) is 0 Å². The number of nitrogens with one attached hydrogen (secondary N) is 1. The summed E-state index contributed by atoms with van der Waals surface area (Å²) in [6.45, 7) is 2.59. The number of fused-ring (bicyclic) bond motifs is 1. The Bertz CT molecular complexity index is 625. The minimum atomic E-state index is 0.548. The summed E-state index contributed by atoms with van der Waals surface area (Å²) < 4.78 is 7.33. The van der Waals surface area contributed by atoms with Crippen molar-refractivity contribution in [2.45, 2.75) is 13.1 Å². The lowest BCUT2D eigenvalue weighted by Gasteiger charge is -2.18. The van der Waals surface area contributed by atoms with Crippen LogP contribution in [0.2, 0.25) is 10.0 Å². The van der Waals surface area contributed by atoms with Gasteiger partial charge >= 0.3 is 0 Å². The zero-order valence-corrected chi connectivity index (χ0v) is 11.9. The van der Waals surface area contributed by atoms with Crippen molar-refractivity contribution in [1.29, 1.82) is 0 Å². The van der Waals surface area contributed by atoms with E-state index < -0.39 is 0 Å². The molecule has 0 spiro atoms. The first-order valence-electron chi connectivity index (χ1n) is 5.99. The number of ether oxygens (including phenoxy) is 1. The van der Waals surface area contributed by atoms with Crippen LogP contribution in [0, 0.1) is 0 Å². The van der Waals surface area contributed by atoms with Crippen molar-refractivity contribution in [3.8, 4) is 17.0 Å². The monoisotopic (exact) mass is 297 g/mol. The Balaban J connectivity index is 2.12. The van der Waals surface area contributed by atoms with E-state index in [0.717, 1.165) is 36.7 Å². The lowest BCUT2D eigenvalue weighted by molar-refractivity contribution is 0.415. The molecular weight excluding hydrogens is 285 g/mol. The number of hydrogen-bond acceptors (Lipinski definition) is 3. The minimum absolute atomic E-state index is 0.548. The minimum Gasteiger partial charge on any atom is -0.495 e. The Morgan fingerprint density at radius 2 is 2.16 bits per heavy atom. The van der Waals surface area contributed by atoms with Crippen LogP contribution in [0.25, 0.3) is 11.3 Å². The van der Waals surface area contributed by atoms with Gasteiger partial charge in [0.1, 0.15) is 11.6 Å². The van der Waals surface area contributed by atoms with Crippen molar-refractivity contribution >= 4 is 23.2 Å². The Morgan fingerprint density at radius 3 is 2.95 bits per heavy atom. The summed E-state index contributed by atoms with van der Waals surface area (Å²) in [5.74, 6) is 1.60. The molecule has 0 aliphatic carbocycles. The molecule has 4 nitrogen and oxygen atoms in total. The van der Waals surface area contributed by atoms with Gasteiger partial charge in [-0.1, -0.05) is 23.2 Å². The van der Waals surface area contributed by atoms with Crippen molar-refractivity contribution in [1.82, 2.24) is 14.9 Å². The summed E-state index contributed by atoms with van der Waals surface area (Å²) in [5, 5.41) is 4.45. The standard InChI is InChI=1S/C13H13Cl2N3O/c1-19-12-5-9(14)8(4-10(12)15)11-6-17-13-7-16-2-3-18(11)13/h4-6,16H,2-3,7H2,1H3. The van der Waals surface area contributed by atoms with Crippen LogP contribution in [-0.4, -0.2) is 23.2 Å². The molecular formula is C13H13Cl2N3O. The highest BCUT2D eigenvalue weighted by Crippen LogP contribution is 2.37. The van der Waals surface area contributed by atoms with Crippen LogP contribution >= 0.6 is 23.2 Å². The van der Waals surface area contributed by atoms with Crippen LogP contribution in [0.1, 0.15) is 5.82 Å². The average molecular weight is 298 g/mol. The van der Waals surface area contributed by atoms with Gasteiger partial charge in [-0.05, 0) is 6.07 Å². The molecule has 100 valence electrons.